The van der Waals surface area contributed by atoms with E-state index in [1.165, 1.54) is 24.3 Å². The van der Waals surface area contributed by atoms with Crippen molar-refractivity contribution in [3.63, 3.8) is 0 Å². The Morgan fingerprint density at radius 1 is 0.457 bits per heavy atom. The highest BCUT2D eigenvalue weighted by Gasteiger charge is 2.32. The van der Waals surface area contributed by atoms with Crippen LogP contribution in [-0.2, 0) is 28.4 Å². The number of rotatable bonds is 9. The third-order valence-electron chi connectivity index (χ3n) is 17.3. The zero-order valence-corrected chi connectivity index (χ0v) is 53.1. The van der Waals surface area contributed by atoms with Gasteiger partial charge in [0.1, 0.15) is 40.3 Å². The predicted molar refractivity (Wildman–Crippen MR) is 347 cm³/mol. The zero-order valence-electron chi connectivity index (χ0n) is 52.3. The highest BCUT2D eigenvalue weighted by molar-refractivity contribution is 6.29. The van der Waals surface area contributed by atoms with Gasteiger partial charge in [0.15, 0.2) is 16.9 Å². The van der Waals surface area contributed by atoms with E-state index in [-0.39, 0.29) is 47.4 Å². The van der Waals surface area contributed by atoms with E-state index in [1.807, 2.05) is 36.4 Å². The Hall–Kier alpha value is -8.42. The summed E-state index contributed by atoms with van der Waals surface area (Å²) in [5.41, 5.74) is 9.05. The number of hydrogen-bond acceptors (Lipinski definition) is 23. The molecule has 482 valence electrons. The van der Waals surface area contributed by atoms with Crippen LogP contribution in [0.3, 0.4) is 0 Å². The number of aromatic nitrogens is 9. The molecule has 6 aliphatic heterocycles. The number of anilines is 6. The summed E-state index contributed by atoms with van der Waals surface area (Å²) in [6.45, 7) is 24.7. The van der Waals surface area contributed by atoms with Crippen molar-refractivity contribution < 1.29 is 42.0 Å². The van der Waals surface area contributed by atoms with Gasteiger partial charge in [-0.1, -0.05) is 23.7 Å². The molecule has 0 spiro atoms. The Bertz CT molecular complexity index is 4040. The van der Waals surface area contributed by atoms with Gasteiger partial charge in [-0.2, -0.15) is 35.2 Å². The summed E-state index contributed by atoms with van der Waals surface area (Å²) < 4.78 is 62.2. The lowest BCUT2D eigenvalue weighted by Crippen LogP contribution is -2.46. The normalized spacial score (nSPS) is 22.2. The van der Waals surface area contributed by atoms with E-state index in [2.05, 4.69) is 75.9 Å². The smallest absolute Gasteiger partial charge is 0.251 e. The Balaban J connectivity index is 0.000000135. The number of morpholine rings is 6. The molecule has 0 bridgehead atoms. The number of nitriles is 1. The summed E-state index contributed by atoms with van der Waals surface area (Å²) in [4.78, 5) is 67.8. The summed E-state index contributed by atoms with van der Waals surface area (Å²) in [5, 5.41) is 12.0. The van der Waals surface area contributed by atoms with Gasteiger partial charge in [0, 0.05) is 50.4 Å². The van der Waals surface area contributed by atoms with E-state index in [4.69, 9.17) is 90.9 Å². The number of pyridine rings is 3. The molecule has 12 heterocycles. The second-order valence-corrected chi connectivity index (χ2v) is 24.1. The standard InChI is InChI=1S/C24H27FN6O3.C24H25FN6O2.C17H22ClN5O2/c1-14-12-33-9-7-30(14)23-18-5-6-20(16-3-4-17(21(26)32)19(25)11-16)27-22(18)28-24(29-23)31-8-10-34-13-15(31)2;1-15-13-32-9-7-30(15)23-19-5-6-21(17-3-4-18(12-26)20(25)11-17)27-22(19)28-24(29-23)31-8-10-33-14-16(31)2;1-11-9-24-7-5-22(11)16-13-3-4-14(18)19-15(13)20-17(21-16)23-6-8-25-10-12(23)2/h3-6,11,14-15H,7-10,12-13H2,1-2H3,(H2,26,32);3-6,11,15-16H,7-10,13-14H2,1-2H3;3-4,11-12H,5-10H2,1-2H3/t14-,15-;15-,16-;11-,12-/m000/s1. The summed E-state index contributed by atoms with van der Waals surface area (Å²) in [6, 6.07) is 23.0. The number of hydrogen-bond donors (Lipinski definition) is 1. The summed E-state index contributed by atoms with van der Waals surface area (Å²) in [7, 11) is 0. The van der Waals surface area contributed by atoms with Crippen LogP contribution in [-0.4, -0.2) is 206 Å². The van der Waals surface area contributed by atoms with Gasteiger partial charge in [0.05, 0.1) is 154 Å². The average molecular weight is 1280 g/mol. The van der Waals surface area contributed by atoms with Crippen LogP contribution < -0.4 is 35.1 Å². The van der Waals surface area contributed by atoms with Gasteiger partial charge in [-0.05, 0) is 102 Å². The monoisotopic (exact) mass is 1280 g/mol. The fraction of sp³-hybridized carbons (Fsp3) is 0.462. The SMILES string of the molecule is C[C@H]1COCCN1c1nc(N2CCOC[C@@H]2C)c2ccc(-c3ccc(C#N)c(F)c3)nc2n1.C[C@H]1COCCN1c1nc(N2CCOC[C@@H]2C)c2ccc(-c3ccc(C(N)=O)c(F)c3)nc2n1.C[C@H]1COCCN1c1nc(N2CCOC[C@@H]2C)c2ccc(Cl)nc2n1. The first-order valence-corrected chi connectivity index (χ1v) is 31.6. The fourth-order valence-electron chi connectivity index (χ4n) is 12.1. The van der Waals surface area contributed by atoms with Gasteiger partial charge in [0.2, 0.25) is 17.8 Å². The van der Waals surface area contributed by atoms with Gasteiger partial charge in [-0.3, -0.25) is 4.79 Å². The molecule has 92 heavy (non-hydrogen) atoms. The lowest BCUT2D eigenvalue weighted by atomic mass is 10.1. The molecule has 0 aliphatic carbocycles. The van der Waals surface area contributed by atoms with Crippen LogP contribution in [0.2, 0.25) is 5.15 Å². The van der Waals surface area contributed by atoms with Gasteiger partial charge in [-0.15, -0.1) is 0 Å². The first-order valence-electron chi connectivity index (χ1n) is 31.2. The minimum absolute atomic E-state index is 0.00838. The highest BCUT2D eigenvalue weighted by Crippen LogP contribution is 2.35. The molecule has 0 unspecified atom stereocenters. The number of benzene rings is 2. The van der Waals surface area contributed by atoms with Crippen molar-refractivity contribution in [3.8, 4) is 28.6 Å². The van der Waals surface area contributed by atoms with Gasteiger partial charge >= 0.3 is 0 Å². The van der Waals surface area contributed by atoms with E-state index >= 15 is 0 Å². The molecule has 2 aromatic carbocycles. The number of amides is 1. The largest absolute Gasteiger partial charge is 0.377 e. The molecule has 1 amide bonds. The lowest BCUT2D eigenvalue weighted by molar-refractivity contribution is 0.0972. The van der Waals surface area contributed by atoms with Gasteiger partial charge < -0.3 is 63.6 Å². The number of fused-ring (bicyclic) bond motifs is 3. The number of carbonyl (C=O) groups is 1. The topological polar surface area (TPSA) is 258 Å². The maximum Gasteiger partial charge on any atom is 0.251 e. The molecule has 6 atom stereocenters. The van der Waals surface area contributed by atoms with Gasteiger partial charge in [0.25, 0.3) is 5.91 Å². The van der Waals surface area contributed by atoms with Crippen LogP contribution in [0, 0.1) is 23.0 Å². The molecule has 14 rings (SSSR count). The maximum absolute atomic E-state index is 14.4. The average Bonchev–Trinajstić information content (AvgIpc) is 0.824. The first-order chi connectivity index (χ1) is 44.6. The third kappa shape index (κ3) is 13.7. The second-order valence-electron chi connectivity index (χ2n) is 23.8. The van der Waals surface area contributed by atoms with Crippen LogP contribution in [0.5, 0.6) is 0 Å². The minimum Gasteiger partial charge on any atom is -0.377 e. The molecular weight excluding hydrogens is 1200 g/mol. The van der Waals surface area contributed by atoms with Gasteiger partial charge in [-0.25, -0.2) is 23.7 Å². The minimum atomic E-state index is -0.809. The highest BCUT2D eigenvalue weighted by atomic mass is 35.5. The van der Waals surface area contributed by atoms with Crippen LogP contribution in [0.1, 0.15) is 57.5 Å². The van der Waals surface area contributed by atoms with Crippen LogP contribution in [0.15, 0.2) is 72.8 Å². The second kappa shape index (κ2) is 28.2. The third-order valence-corrected chi connectivity index (χ3v) is 17.5. The number of halogens is 3. The summed E-state index contributed by atoms with van der Waals surface area (Å²) >= 11 is 6.11. The quantitative estimate of drug-likeness (QED) is 0.136. The van der Waals surface area contributed by atoms with Crippen molar-refractivity contribution in [1.82, 2.24) is 44.9 Å². The molecule has 6 saturated heterocycles. The summed E-state index contributed by atoms with van der Waals surface area (Å²) in [5.74, 6) is 2.38. The zero-order chi connectivity index (χ0) is 64.2. The molecule has 8 aromatic rings. The van der Waals surface area contributed by atoms with Crippen molar-refractivity contribution >= 4 is 85.9 Å². The van der Waals surface area contributed by atoms with Crippen molar-refractivity contribution in [2.75, 3.05) is 148 Å². The number of ether oxygens (including phenoxy) is 6. The Morgan fingerprint density at radius 2 is 0.793 bits per heavy atom. The Kier molecular flexibility index (Phi) is 19.5. The van der Waals surface area contributed by atoms with E-state index in [0.717, 1.165) is 53.2 Å². The number of nitrogens with two attached hydrogens (primary N) is 1. The van der Waals surface area contributed by atoms with Crippen molar-refractivity contribution in [2.24, 2.45) is 5.73 Å². The summed E-state index contributed by atoms with van der Waals surface area (Å²) in [6.07, 6.45) is 0. The van der Waals surface area contributed by atoms with E-state index in [0.29, 0.717) is 161 Å². The number of primary amides is 1. The molecule has 24 nitrogen and oxygen atoms in total. The van der Waals surface area contributed by atoms with Crippen molar-refractivity contribution in [2.45, 2.75) is 77.8 Å². The molecular formula is C65H74ClF2N17O7. The molecule has 2 N–H and O–H groups in total. The van der Waals surface area contributed by atoms with E-state index in [1.54, 1.807) is 18.2 Å². The predicted octanol–water partition coefficient (Wildman–Crippen LogP) is 7.66. The van der Waals surface area contributed by atoms with E-state index < -0.39 is 17.5 Å². The van der Waals surface area contributed by atoms with E-state index in [9.17, 15) is 13.6 Å². The molecule has 6 fully saturated rings. The van der Waals surface area contributed by atoms with Crippen LogP contribution in [0.4, 0.5) is 44.1 Å². The molecule has 6 aromatic heterocycles. The number of nitrogens with zero attached hydrogens (tertiary/aromatic N) is 16. The van der Waals surface area contributed by atoms with Crippen molar-refractivity contribution in [3.05, 3.63) is 101 Å². The molecule has 6 aliphatic rings. The molecule has 0 radical (unpaired) electrons. The maximum atomic E-state index is 14.4. The lowest BCUT2D eigenvalue weighted by Gasteiger charge is -2.37. The van der Waals surface area contributed by atoms with Crippen LogP contribution >= 0.6 is 11.6 Å². The van der Waals surface area contributed by atoms with Crippen molar-refractivity contribution in [1.29, 1.82) is 5.26 Å². The molecule has 27 heteroatoms. The Morgan fingerprint density at radius 3 is 1.13 bits per heavy atom. The fourth-order valence-corrected chi connectivity index (χ4v) is 12.3. The first kappa shape index (κ1) is 63.7. The molecule has 0 saturated carbocycles. The Labute approximate surface area is 536 Å². The number of carbonyl (C=O) groups excluding carboxylic acids is 1. The van der Waals surface area contributed by atoms with Crippen LogP contribution in [0.25, 0.3) is 55.6 Å².